The lowest BCUT2D eigenvalue weighted by Gasteiger charge is -2.14. The van der Waals surface area contributed by atoms with Crippen LogP contribution in [-0.2, 0) is 14.5 Å². The predicted molar refractivity (Wildman–Crippen MR) is 29.0 cm³/mol. The fourth-order valence-corrected chi connectivity index (χ4v) is 0.253. The van der Waals surface area contributed by atoms with Gasteiger partial charge < -0.3 is 0 Å². The zero-order valence-corrected chi connectivity index (χ0v) is 5.29. The van der Waals surface area contributed by atoms with E-state index in [1.54, 1.807) is 0 Å². The number of rotatable bonds is 6. The molecule has 0 aromatic carbocycles. The topological polar surface area (TPSA) is 116 Å². The molecule has 0 saturated carbocycles. The van der Waals surface area contributed by atoms with Crippen molar-refractivity contribution >= 4 is 0 Å². The second-order valence-corrected chi connectivity index (χ2v) is 1.36. The van der Waals surface area contributed by atoms with Crippen LogP contribution >= 0.6 is 0 Å². The minimum atomic E-state index is -2.29. The molecule has 0 aliphatic carbocycles. The summed E-state index contributed by atoms with van der Waals surface area (Å²) in [7, 11) is 0. The van der Waals surface area contributed by atoms with E-state index in [1.165, 1.54) is 0 Å². The van der Waals surface area contributed by atoms with Crippen LogP contribution in [0.15, 0.2) is 16.0 Å². The highest BCUT2D eigenvalue weighted by molar-refractivity contribution is 4.40. The zero-order chi connectivity index (χ0) is 8.74. The van der Waals surface area contributed by atoms with Crippen molar-refractivity contribution in [1.29, 1.82) is 0 Å². The lowest BCUT2D eigenvalue weighted by atomic mass is 10.7. The van der Waals surface area contributed by atoms with Crippen LogP contribution in [0.5, 0.6) is 0 Å². The second-order valence-electron chi connectivity index (χ2n) is 1.36. The maximum Gasteiger partial charge on any atom is 0.481 e. The van der Waals surface area contributed by atoms with Crippen molar-refractivity contribution in [2.24, 2.45) is 16.0 Å². The van der Waals surface area contributed by atoms with Crippen molar-refractivity contribution in [1.82, 2.24) is 0 Å². The first-order valence-electron chi connectivity index (χ1n) is 2.21. The van der Waals surface area contributed by atoms with Crippen LogP contribution in [0.3, 0.4) is 0 Å². The Balaban J connectivity index is 4.09. The van der Waals surface area contributed by atoms with E-state index >= 15 is 0 Å². The minimum Gasteiger partial charge on any atom is -0.273 e. The summed E-state index contributed by atoms with van der Waals surface area (Å²) in [6.45, 7) is 0.900. The fraction of sp³-hybridized carbons (Fsp3) is 1.00. The maximum absolute atomic E-state index is 9.45. The van der Waals surface area contributed by atoms with Crippen LogP contribution in [0.25, 0.3) is 0 Å². The van der Waals surface area contributed by atoms with Crippen LogP contribution in [0.2, 0.25) is 0 Å². The zero-order valence-electron chi connectivity index (χ0n) is 5.29. The highest BCUT2D eigenvalue weighted by atomic mass is 17.0. The van der Waals surface area contributed by atoms with Gasteiger partial charge in [-0.1, -0.05) is 0 Å². The summed E-state index contributed by atoms with van der Waals surface area (Å²) < 4.78 is 0. The quantitative estimate of drug-likeness (QED) is 0.325. The smallest absolute Gasteiger partial charge is 0.273 e. The van der Waals surface area contributed by atoms with Crippen LogP contribution in [0.1, 0.15) is 6.92 Å². The molecule has 0 fully saturated rings. The van der Waals surface area contributed by atoms with Gasteiger partial charge in [-0.2, -0.15) is 0 Å². The van der Waals surface area contributed by atoms with Crippen molar-refractivity contribution in [3.05, 3.63) is 14.7 Å². The Morgan fingerprint density at radius 2 is 1.18 bits per heavy atom. The van der Waals surface area contributed by atoms with Crippen LogP contribution in [-0.4, -0.2) is 5.97 Å². The normalized spacial score (nSPS) is 9.55. The molecule has 0 aliphatic heterocycles. The van der Waals surface area contributed by atoms with Crippen LogP contribution in [0.4, 0.5) is 0 Å². The van der Waals surface area contributed by atoms with Crippen molar-refractivity contribution in [2.45, 2.75) is 12.9 Å². The SMILES string of the molecule is CC(ON=O)(ON=O)ON=O. The highest BCUT2D eigenvalue weighted by Gasteiger charge is 2.35. The molecule has 0 unspecified atom stereocenters. The molecule has 0 aromatic rings. The summed E-state index contributed by atoms with van der Waals surface area (Å²) in [6, 6.07) is 0. The van der Waals surface area contributed by atoms with Gasteiger partial charge in [0.15, 0.2) is 16.0 Å². The third kappa shape index (κ3) is 3.03. The number of nitrogens with zero attached hydrogens (tertiary/aromatic N) is 3. The predicted octanol–water partition coefficient (Wildman–Crippen LogP) is 0.754. The Bertz CT molecular complexity index is 131. The average molecular weight is 165 g/mol. The van der Waals surface area contributed by atoms with Crippen molar-refractivity contribution < 1.29 is 14.5 Å². The lowest BCUT2D eigenvalue weighted by molar-refractivity contribution is -0.375. The molecule has 62 valence electrons. The summed E-state index contributed by atoms with van der Waals surface area (Å²) in [6.07, 6.45) is 0. The average Bonchev–Trinajstić information content (AvgIpc) is 1.88. The molecule has 0 radical (unpaired) electrons. The third-order valence-electron chi connectivity index (χ3n) is 0.609. The molecule has 0 spiro atoms. The molecule has 0 aromatic heterocycles. The van der Waals surface area contributed by atoms with Gasteiger partial charge in [0.2, 0.25) is 0 Å². The molecular weight excluding hydrogens is 162 g/mol. The molecule has 11 heavy (non-hydrogen) atoms. The van der Waals surface area contributed by atoms with E-state index in [9.17, 15) is 14.7 Å². The number of hydrogen-bond donors (Lipinski definition) is 0. The molecule has 9 nitrogen and oxygen atoms in total. The van der Waals surface area contributed by atoms with Gasteiger partial charge in [0.05, 0.1) is 6.92 Å². The molecule has 0 rings (SSSR count). The van der Waals surface area contributed by atoms with E-state index in [0.717, 1.165) is 6.92 Å². The lowest BCUT2D eigenvalue weighted by Crippen LogP contribution is -2.29. The molecule has 0 amide bonds. The van der Waals surface area contributed by atoms with Crippen LogP contribution < -0.4 is 0 Å². The van der Waals surface area contributed by atoms with Gasteiger partial charge in [-0.3, -0.25) is 14.5 Å². The first-order valence-corrected chi connectivity index (χ1v) is 2.21. The fourth-order valence-electron chi connectivity index (χ4n) is 0.253. The molecule has 0 heterocycles. The van der Waals surface area contributed by atoms with Crippen LogP contribution in [0, 0.1) is 14.7 Å². The van der Waals surface area contributed by atoms with Gasteiger partial charge in [-0.25, -0.2) is 0 Å². The standard InChI is InChI=1S/C2H3N3O6/c1-2(9-3-6,10-4-7)11-5-8/h1H3. The van der Waals surface area contributed by atoms with E-state index < -0.39 is 5.97 Å². The van der Waals surface area contributed by atoms with Gasteiger partial charge in [0, 0.05) is 0 Å². The summed E-state index contributed by atoms with van der Waals surface area (Å²) >= 11 is 0. The largest absolute Gasteiger partial charge is 0.481 e. The van der Waals surface area contributed by atoms with E-state index in [4.69, 9.17) is 0 Å². The summed E-state index contributed by atoms with van der Waals surface area (Å²) in [5.41, 5.74) is 0. The van der Waals surface area contributed by atoms with Crippen molar-refractivity contribution in [3.8, 4) is 0 Å². The van der Waals surface area contributed by atoms with Crippen molar-refractivity contribution in [3.63, 3.8) is 0 Å². The monoisotopic (exact) mass is 165 g/mol. The summed E-state index contributed by atoms with van der Waals surface area (Å²) in [4.78, 5) is 39.6. The first-order chi connectivity index (χ1) is 5.18. The van der Waals surface area contributed by atoms with Crippen molar-refractivity contribution in [2.75, 3.05) is 0 Å². The van der Waals surface area contributed by atoms with E-state index in [-0.39, 0.29) is 0 Å². The molecular formula is C2H3N3O6. The second kappa shape index (κ2) is 4.09. The Morgan fingerprint density at radius 3 is 1.36 bits per heavy atom. The molecule has 9 heteroatoms. The molecule has 0 bridgehead atoms. The summed E-state index contributed by atoms with van der Waals surface area (Å²) in [5, 5.41) is 5.54. The van der Waals surface area contributed by atoms with Gasteiger partial charge in [-0.05, 0) is 0 Å². The van der Waals surface area contributed by atoms with Gasteiger partial charge in [0.1, 0.15) is 0 Å². The molecule has 0 atom stereocenters. The Labute approximate surface area is 59.4 Å². The maximum atomic E-state index is 9.45. The van der Waals surface area contributed by atoms with E-state index in [0.29, 0.717) is 0 Å². The molecule has 0 saturated heterocycles. The first kappa shape index (κ1) is 9.20. The Kier molecular flexibility index (Phi) is 3.42. The third-order valence-corrected chi connectivity index (χ3v) is 0.609. The Hall–Kier alpha value is -1.80. The highest BCUT2D eigenvalue weighted by Crippen LogP contribution is 2.14. The summed E-state index contributed by atoms with van der Waals surface area (Å²) in [5.74, 6) is -2.29. The van der Waals surface area contributed by atoms with Gasteiger partial charge in [-0.15, -0.1) is 14.7 Å². The van der Waals surface area contributed by atoms with E-state index in [1.807, 2.05) is 16.0 Å². The molecule has 0 aliphatic rings. The molecule has 0 N–H and O–H groups in total. The number of hydrogen-bond acceptors (Lipinski definition) is 9. The van der Waals surface area contributed by atoms with Gasteiger partial charge >= 0.3 is 5.97 Å². The van der Waals surface area contributed by atoms with E-state index in [2.05, 4.69) is 14.5 Å². The Morgan fingerprint density at radius 1 is 0.909 bits per heavy atom. The van der Waals surface area contributed by atoms with Gasteiger partial charge in [0.25, 0.3) is 0 Å². The minimum absolute atomic E-state index is 0.900.